The van der Waals surface area contributed by atoms with E-state index in [0.29, 0.717) is 12.8 Å². The number of carbonyl (C=O) groups is 3. The van der Waals surface area contributed by atoms with Gasteiger partial charge in [-0.25, -0.2) is 4.79 Å². The van der Waals surface area contributed by atoms with Crippen LogP contribution < -0.4 is 16.4 Å². The van der Waals surface area contributed by atoms with Gasteiger partial charge in [0.15, 0.2) is 0 Å². The fraction of sp³-hybridized carbons (Fsp3) is 0.439. The minimum absolute atomic E-state index is 0.0142. The fourth-order valence-electron chi connectivity index (χ4n) is 6.59. The molecule has 4 aromatic rings. The first-order valence-corrected chi connectivity index (χ1v) is 18.0. The van der Waals surface area contributed by atoms with Gasteiger partial charge in [0.2, 0.25) is 11.8 Å². The van der Waals surface area contributed by atoms with E-state index in [1.807, 2.05) is 105 Å². The van der Waals surface area contributed by atoms with Crippen LogP contribution in [0.25, 0.3) is 10.9 Å². The highest BCUT2D eigenvalue weighted by Gasteiger charge is 2.39. The Bertz CT molecular complexity index is 1720. The number of nitrogens with two attached hydrogens (primary N) is 1. The van der Waals surface area contributed by atoms with Gasteiger partial charge in [-0.3, -0.25) is 9.59 Å². The molecule has 5 atom stereocenters. The normalized spacial score (nSPS) is 14.7. The summed E-state index contributed by atoms with van der Waals surface area (Å²) < 4.78 is 5.46. The molecule has 0 saturated heterocycles. The molecule has 3 aromatic carbocycles. The molecule has 11 heteroatoms. The van der Waals surface area contributed by atoms with Crippen molar-refractivity contribution < 1.29 is 29.3 Å². The number of aromatic nitrogens is 1. The van der Waals surface area contributed by atoms with E-state index in [-0.39, 0.29) is 37.8 Å². The monoisotopic (exact) mass is 713 g/mol. The topological polar surface area (TPSA) is 170 Å². The van der Waals surface area contributed by atoms with Crippen molar-refractivity contribution in [2.24, 2.45) is 11.7 Å². The lowest BCUT2D eigenvalue weighted by atomic mass is 9.92. The summed E-state index contributed by atoms with van der Waals surface area (Å²) in [6.45, 7) is 8.96. The zero-order chi connectivity index (χ0) is 37.8. The number of para-hydroxylation sites is 1. The van der Waals surface area contributed by atoms with Gasteiger partial charge < -0.3 is 41.2 Å². The molecule has 52 heavy (non-hydrogen) atoms. The molecule has 2 unspecified atom stereocenters. The van der Waals surface area contributed by atoms with Crippen LogP contribution in [0.3, 0.4) is 0 Å². The van der Waals surface area contributed by atoms with Crippen molar-refractivity contribution in [2.75, 3.05) is 13.1 Å². The van der Waals surface area contributed by atoms with E-state index in [9.17, 15) is 24.6 Å². The predicted molar refractivity (Wildman–Crippen MR) is 203 cm³/mol. The van der Waals surface area contributed by atoms with E-state index in [1.54, 1.807) is 20.8 Å². The van der Waals surface area contributed by atoms with Crippen molar-refractivity contribution in [1.29, 1.82) is 0 Å². The zero-order valence-electron chi connectivity index (χ0n) is 30.9. The Morgan fingerprint density at radius 3 is 2.02 bits per heavy atom. The number of hydrogen-bond donors (Lipinski definition) is 6. The molecule has 11 nitrogen and oxygen atoms in total. The van der Waals surface area contributed by atoms with E-state index in [2.05, 4.69) is 15.6 Å². The van der Waals surface area contributed by atoms with E-state index in [1.165, 1.54) is 4.90 Å². The molecule has 0 aliphatic carbocycles. The quantitative estimate of drug-likeness (QED) is 0.0882. The number of aryl methyl sites for hydroxylation is 1. The number of ether oxygens (including phenoxy) is 1. The van der Waals surface area contributed by atoms with Crippen molar-refractivity contribution >= 4 is 28.8 Å². The molecule has 3 amide bonds. The van der Waals surface area contributed by atoms with Crippen molar-refractivity contribution in [3.8, 4) is 0 Å². The van der Waals surface area contributed by atoms with Gasteiger partial charge in [-0.15, -0.1) is 0 Å². The van der Waals surface area contributed by atoms with Gasteiger partial charge in [-0.05, 0) is 68.7 Å². The molecular weight excluding hydrogens is 658 g/mol. The number of hydrogen-bond acceptors (Lipinski definition) is 7. The molecule has 1 aromatic heterocycles. The molecule has 0 aliphatic heterocycles. The van der Waals surface area contributed by atoms with Crippen molar-refractivity contribution in [3.63, 3.8) is 0 Å². The second-order valence-electron chi connectivity index (χ2n) is 14.7. The maximum atomic E-state index is 14.3. The number of aliphatic hydroxyl groups is 2. The van der Waals surface area contributed by atoms with Gasteiger partial charge in [0.05, 0.1) is 24.3 Å². The number of primary amides is 1. The number of carbonyl (C=O) groups excluding carboxylic acids is 3. The summed E-state index contributed by atoms with van der Waals surface area (Å²) >= 11 is 0. The van der Waals surface area contributed by atoms with Crippen LogP contribution in [0.1, 0.15) is 57.7 Å². The summed E-state index contributed by atoms with van der Waals surface area (Å²) in [5.74, 6) is -1.28. The number of nitrogens with one attached hydrogen (secondary N) is 3. The highest BCUT2D eigenvalue weighted by Crippen LogP contribution is 2.24. The maximum Gasteiger partial charge on any atom is 0.407 e. The fourth-order valence-corrected chi connectivity index (χ4v) is 6.59. The van der Waals surface area contributed by atoms with E-state index in [0.717, 1.165) is 27.6 Å². The Morgan fingerprint density at radius 1 is 0.846 bits per heavy atom. The van der Waals surface area contributed by atoms with Crippen LogP contribution in [0.15, 0.2) is 91.1 Å². The number of aromatic amines is 1. The first-order valence-electron chi connectivity index (χ1n) is 18.0. The number of nitrogens with zero attached hydrogens (tertiary/aromatic N) is 1. The van der Waals surface area contributed by atoms with Crippen LogP contribution in [-0.4, -0.2) is 87.0 Å². The van der Waals surface area contributed by atoms with Gasteiger partial charge in [0, 0.05) is 36.6 Å². The number of H-pyrrole nitrogens is 1. The van der Waals surface area contributed by atoms with E-state index in [4.69, 9.17) is 10.5 Å². The van der Waals surface area contributed by atoms with Crippen LogP contribution >= 0.6 is 0 Å². The number of fused-ring (bicyclic) bond motifs is 1. The second kappa shape index (κ2) is 18.7. The molecule has 0 bridgehead atoms. The Balaban J connectivity index is 1.55. The summed E-state index contributed by atoms with van der Waals surface area (Å²) in [4.78, 5) is 44.8. The Kier molecular flexibility index (Phi) is 14.4. The maximum absolute atomic E-state index is 14.3. The highest BCUT2D eigenvalue weighted by molar-refractivity contribution is 5.88. The summed E-state index contributed by atoms with van der Waals surface area (Å²) in [7, 11) is 0. The Morgan fingerprint density at radius 2 is 1.42 bits per heavy atom. The van der Waals surface area contributed by atoms with Crippen LogP contribution in [0.5, 0.6) is 0 Å². The number of rotatable bonds is 18. The molecule has 0 spiro atoms. The third kappa shape index (κ3) is 11.7. The Hall–Kier alpha value is -4.71. The number of aliphatic hydroxyl groups excluding tert-OH is 2. The molecule has 280 valence electrons. The van der Waals surface area contributed by atoms with Crippen molar-refractivity contribution in [3.05, 3.63) is 108 Å². The molecule has 4 rings (SSSR count). The minimum Gasteiger partial charge on any atom is -0.444 e. The van der Waals surface area contributed by atoms with E-state index < -0.39 is 47.9 Å². The highest BCUT2D eigenvalue weighted by atomic mass is 16.6. The largest absolute Gasteiger partial charge is 0.444 e. The number of benzene rings is 3. The third-order valence-electron chi connectivity index (χ3n) is 9.05. The second-order valence-corrected chi connectivity index (χ2v) is 14.7. The molecule has 0 fully saturated rings. The lowest BCUT2D eigenvalue weighted by Gasteiger charge is -2.41. The lowest BCUT2D eigenvalue weighted by Crippen LogP contribution is -2.60. The number of alkyl carbamates (subject to hydrolysis) is 1. The van der Waals surface area contributed by atoms with Crippen molar-refractivity contribution in [1.82, 2.24) is 20.5 Å². The molecular formula is C41H55N5O6. The molecule has 1 heterocycles. The van der Waals surface area contributed by atoms with Gasteiger partial charge in [0.1, 0.15) is 11.6 Å². The Labute approximate surface area is 306 Å². The summed E-state index contributed by atoms with van der Waals surface area (Å²) in [5, 5.41) is 30.2. The smallest absolute Gasteiger partial charge is 0.407 e. The molecule has 7 N–H and O–H groups in total. The van der Waals surface area contributed by atoms with Gasteiger partial charge in [-0.2, -0.15) is 0 Å². The van der Waals surface area contributed by atoms with Crippen LogP contribution in [0.4, 0.5) is 4.79 Å². The first-order chi connectivity index (χ1) is 24.7. The number of amides is 3. The third-order valence-corrected chi connectivity index (χ3v) is 9.05. The average molecular weight is 714 g/mol. The molecule has 0 radical (unpaired) electrons. The van der Waals surface area contributed by atoms with Crippen LogP contribution in [-0.2, 0) is 33.6 Å². The summed E-state index contributed by atoms with van der Waals surface area (Å²) in [6.07, 6.45) is 0.156. The van der Waals surface area contributed by atoms with Gasteiger partial charge in [0.25, 0.3) is 0 Å². The van der Waals surface area contributed by atoms with Gasteiger partial charge >= 0.3 is 6.09 Å². The minimum atomic E-state index is -1.16. The first kappa shape index (κ1) is 40.1. The summed E-state index contributed by atoms with van der Waals surface area (Å²) in [6, 6.07) is 24.3. The predicted octanol–water partition coefficient (Wildman–Crippen LogP) is 4.50. The van der Waals surface area contributed by atoms with Crippen LogP contribution in [0, 0.1) is 5.92 Å². The van der Waals surface area contributed by atoms with Crippen LogP contribution in [0.2, 0.25) is 0 Å². The van der Waals surface area contributed by atoms with Crippen molar-refractivity contribution in [2.45, 2.75) is 96.2 Å². The molecule has 0 saturated carbocycles. The van der Waals surface area contributed by atoms with Gasteiger partial charge in [-0.1, -0.05) is 92.7 Å². The lowest BCUT2D eigenvalue weighted by molar-refractivity contribution is -0.147. The van der Waals surface area contributed by atoms with E-state index >= 15 is 0 Å². The molecule has 0 aliphatic rings. The summed E-state index contributed by atoms with van der Waals surface area (Å²) in [5.41, 5.74) is 8.99. The zero-order valence-corrected chi connectivity index (χ0v) is 30.9. The SMILES string of the molecule is CC(C)[C@@H](C(N)=O)N(C(=O)CCc1c[nH]c2ccccc12)[C@H](Cc1ccccc1)C(O)CNCC(O)[C@@H](Cc1ccccc1)NC(=O)OC(C)(C)C. The standard InChI is InChI=1S/C41H55N5O6/c1-27(2)38(39(42)50)46(37(49)21-20-30-24-44-32-19-13-12-18-31(30)32)34(23-29-16-10-7-11-17-29)36(48)26-43-25-35(47)33(22-28-14-8-6-9-15-28)45-40(51)52-41(3,4)5/h6-19,24,27,33-36,38,43-44,47-48H,20-23,25-26H2,1-5H3,(H2,42,50)(H,45,51)/t33-,34-,35?,36?,38+/m1/s1. The average Bonchev–Trinajstić information content (AvgIpc) is 3.51.